The van der Waals surface area contributed by atoms with Gasteiger partial charge in [0.25, 0.3) is 5.91 Å². The lowest BCUT2D eigenvalue weighted by molar-refractivity contribution is 0.102. The van der Waals surface area contributed by atoms with Crippen molar-refractivity contribution >= 4 is 11.6 Å². The first-order valence-electron chi connectivity index (χ1n) is 8.91. The standard InChI is InChI=1S/C20H19N7O/c1-14(2)27-19(23-24-25-27)15-5-3-6-16(13-15)20(28)22-17-7-9-18(10-8-17)26-12-4-11-21-26/h3-14H,1-2H3,(H,22,28). The molecule has 0 aliphatic heterocycles. The zero-order valence-corrected chi connectivity index (χ0v) is 15.5. The highest BCUT2D eigenvalue weighted by atomic mass is 16.1. The topological polar surface area (TPSA) is 90.5 Å². The molecule has 2 aromatic heterocycles. The number of carbonyl (C=O) groups excluding carboxylic acids is 1. The van der Waals surface area contributed by atoms with Crippen molar-refractivity contribution in [1.29, 1.82) is 0 Å². The fourth-order valence-corrected chi connectivity index (χ4v) is 2.85. The normalized spacial score (nSPS) is 11.0. The Balaban J connectivity index is 1.53. The summed E-state index contributed by atoms with van der Waals surface area (Å²) in [6.45, 7) is 4.01. The highest BCUT2D eigenvalue weighted by Gasteiger charge is 2.14. The first-order chi connectivity index (χ1) is 13.6. The number of hydrogen-bond acceptors (Lipinski definition) is 5. The number of hydrogen-bond donors (Lipinski definition) is 1. The molecule has 4 aromatic rings. The van der Waals surface area contributed by atoms with Crippen molar-refractivity contribution in [3.8, 4) is 17.1 Å². The molecule has 1 amide bonds. The molecule has 0 bridgehead atoms. The lowest BCUT2D eigenvalue weighted by atomic mass is 10.1. The lowest BCUT2D eigenvalue weighted by Gasteiger charge is -2.10. The Hall–Kier alpha value is -3.81. The van der Waals surface area contributed by atoms with E-state index in [0.29, 0.717) is 17.1 Å². The number of carbonyl (C=O) groups is 1. The number of nitrogens with one attached hydrogen (secondary N) is 1. The summed E-state index contributed by atoms with van der Waals surface area (Å²) in [7, 11) is 0. The second-order valence-electron chi connectivity index (χ2n) is 6.57. The highest BCUT2D eigenvalue weighted by molar-refractivity contribution is 6.04. The number of tetrazole rings is 1. The van der Waals surface area contributed by atoms with Gasteiger partial charge < -0.3 is 5.32 Å². The first kappa shape index (κ1) is 17.6. The van der Waals surface area contributed by atoms with Crippen LogP contribution in [-0.2, 0) is 0 Å². The third kappa shape index (κ3) is 3.52. The first-order valence-corrected chi connectivity index (χ1v) is 8.91. The van der Waals surface area contributed by atoms with Gasteiger partial charge in [0.05, 0.1) is 11.7 Å². The summed E-state index contributed by atoms with van der Waals surface area (Å²) in [5, 5.41) is 18.9. The number of nitrogens with zero attached hydrogens (tertiary/aromatic N) is 6. The van der Waals surface area contributed by atoms with Gasteiger partial charge in [-0.15, -0.1) is 5.10 Å². The third-order valence-electron chi connectivity index (χ3n) is 4.26. The van der Waals surface area contributed by atoms with E-state index in [4.69, 9.17) is 0 Å². The monoisotopic (exact) mass is 373 g/mol. The van der Waals surface area contributed by atoms with Gasteiger partial charge in [0.15, 0.2) is 5.82 Å². The fraction of sp³-hybridized carbons (Fsp3) is 0.150. The maximum Gasteiger partial charge on any atom is 0.255 e. The summed E-state index contributed by atoms with van der Waals surface area (Å²) in [6.07, 6.45) is 3.59. The molecule has 0 atom stereocenters. The van der Waals surface area contributed by atoms with Gasteiger partial charge in [-0.1, -0.05) is 12.1 Å². The van der Waals surface area contributed by atoms with E-state index in [0.717, 1.165) is 11.3 Å². The summed E-state index contributed by atoms with van der Waals surface area (Å²) in [4.78, 5) is 12.7. The van der Waals surface area contributed by atoms with E-state index in [1.165, 1.54) is 0 Å². The Morgan fingerprint density at radius 2 is 1.89 bits per heavy atom. The molecule has 0 saturated heterocycles. The number of rotatable bonds is 5. The van der Waals surface area contributed by atoms with Gasteiger partial charge in [-0.25, -0.2) is 9.36 Å². The van der Waals surface area contributed by atoms with E-state index in [1.54, 1.807) is 27.7 Å². The molecule has 8 heteroatoms. The van der Waals surface area contributed by atoms with Crippen molar-refractivity contribution in [1.82, 2.24) is 30.0 Å². The Kier molecular flexibility index (Phi) is 4.67. The molecule has 28 heavy (non-hydrogen) atoms. The second kappa shape index (κ2) is 7.43. The molecule has 2 aromatic carbocycles. The molecule has 0 fully saturated rings. The molecule has 0 spiro atoms. The highest BCUT2D eigenvalue weighted by Crippen LogP contribution is 2.21. The molecule has 0 unspecified atom stereocenters. The zero-order valence-electron chi connectivity index (χ0n) is 15.5. The van der Waals surface area contributed by atoms with E-state index in [-0.39, 0.29) is 11.9 Å². The minimum absolute atomic E-state index is 0.121. The van der Waals surface area contributed by atoms with Gasteiger partial charge in [-0.2, -0.15) is 5.10 Å². The summed E-state index contributed by atoms with van der Waals surface area (Å²) in [5.74, 6) is 0.436. The van der Waals surface area contributed by atoms with Crippen LogP contribution in [0.4, 0.5) is 5.69 Å². The lowest BCUT2D eigenvalue weighted by Crippen LogP contribution is -2.12. The molecular formula is C20H19N7O. The summed E-state index contributed by atoms with van der Waals surface area (Å²) in [6, 6.07) is 16.7. The average molecular weight is 373 g/mol. The predicted molar refractivity (Wildman–Crippen MR) is 105 cm³/mol. The van der Waals surface area contributed by atoms with E-state index >= 15 is 0 Å². The number of aromatic nitrogens is 6. The molecule has 0 saturated carbocycles. The number of benzene rings is 2. The maximum atomic E-state index is 12.7. The van der Waals surface area contributed by atoms with Gasteiger partial charge in [-0.05, 0) is 66.7 Å². The molecular weight excluding hydrogens is 354 g/mol. The van der Waals surface area contributed by atoms with Crippen LogP contribution in [-0.4, -0.2) is 35.9 Å². The SMILES string of the molecule is CC(C)n1nnnc1-c1cccc(C(=O)Nc2ccc(-n3cccn3)cc2)c1. The molecule has 140 valence electrons. The van der Waals surface area contributed by atoms with Crippen molar-refractivity contribution in [2.24, 2.45) is 0 Å². The van der Waals surface area contributed by atoms with Crippen molar-refractivity contribution in [2.45, 2.75) is 19.9 Å². The van der Waals surface area contributed by atoms with Gasteiger partial charge in [0.1, 0.15) is 0 Å². The van der Waals surface area contributed by atoms with Crippen LogP contribution in [0, 0.1) is 0 Å². The van der Waals surface area contributed by atoms with Gasteiger partial charge in [0.2, 0.25) is 0 Å². The summed E-state index contributed by atoms with van der Waals surface area (Å²) >= 11 is 0. The number of anilines is 1. The van der Waals surface area contributed by atoms with Crippen LogP contribution in [0.5, 0.6) is 0 Å². The number of amides is 1. The maximum absolute atomic E-state index is 12.7. The Bertz CT molecular complexity index is 1080. The van der Waals surface area contributed by atoms with E-state index in [9.17, 15) is 4.79 Å². The molecule has 0 aliphatic rings. The van der Waals surface area contributed by atoms with E-state index in [2.05, 4.69) is 25.9 Å². The van der Waals surface area contributed by atoms with Crippen molar-refractivity contribution in [3.63, 3.8) is 0 Å². The second-order valence-corrected chi connectivity index (χ2v) is 6.57. The molecule has 2 heterocycles. The van der Waals surface area contributed by atoms with Crippen LogP contribution in [0.2, 0.25) is 0 Å². The van der Waals surface area contributed by atoms with Gasteiger partial charge in [-0.3, -0.25) is 4.79 Å². The molecule has 4 rings (SSSR count). The molecule has 0 aliphatic carbocycles. The van der Waals surface area contributed by atoms with Gasteiger partial charge >= 0.3 is 0 Å². The zero-order chi connectivity index (χ0) is 19.5. The average Bonchev–Trinajstić information content (AvgIpc) is 3.41. The van der Waals surface area contributed by atoms with Crippen LogP contribution in [0.25, 0.3) is 17.1 Å². The molecule has 8 nitrogen and oxygen atoms in total. The Labute approximate surface area is 161 Å². The smallest absolute Gasteiger partial charge is 0.255 e. The molecule has 1 N–H and O–H groups in total. The summed E-state index contributed by atoms with van der Waals surface area (Å²) < 4.78 is 3.49. The van der Waals surface area contributed by atoms with Crippen molar-refractivity contribution < 1.29 is 4.79 Å². The van der Waals surface area contributed by atoms with Crippen LogP contribution in [0.15, 0.2) is 67.0 Å². The minimum atomic E-state index is -0.197. The quantitative estimate of drug-likeness (QED) is 0.579. The summed E-state index contributed by atoms with van der Waals surface area (Å²) in [5.41, 5.74) is 2.95. The Morgan fingerprint density at radius 3 is 2.61 bits per heavy atom. The van der Waals surface area contributed by atoms with Crippen LogP contribution < -0.4 is 5.32 Å². The van der Waals surface area contributed by atoms with E-state index < -0.39 is 0 Å². The Morgan fingerprint density at radius 1 is 1.07 bits per heavy atom. The van der Waals surface area contributed by atoms with E-state index in [1.807, 2.05) is 62.5 Å². The van der Waals surface area contributed by atoms with Crippen molar-refractivity contribution in [2.75, 3.05) is 5.32 Å². The van der Waals surface area contributed by atoms with Crippen molar-refractivity contribution in [3.05, 3.63) is 72.6 Å². The van der Waals surface area contributed by atoms with Crippen LogP contribution in [0.1, 0.15) is 30.2 Å². The van der Waals surface area contributed by atoms with Crippen LogP contribution in [0.3, 0.4) is 0 Å². The minimum Gasteiger partial charge on any atom is -0.322 e. The third-order valence-corrected chi connectivity index (χ3v) is 4.26. The fourth-order valence-electron chi connectivity index (χ4n) is 2.85. The van der Waals surface area contributed by atoms with Gasteiger partial charge in [0, 0.05) is 29.2 Å². The molecule has 0 radical (unpaired) electrons. The predicted octanol–water partition coefficient (Wildman–Crippen LogP) is 3.36. The van der Waals surface area contributed by atoms with Crippen LogP contribution >= 0.6 is 0 Å². The largest absolute Gasteiger partial charge is 0.322 e.